The number of pyridine rings is 1. The average molecular weight is 554 g/mol. The summed E-state index contributed by atoms with van der Waals surface area (Å²) in [5, 5.41) is 3.06. The number of carbonyl (C=O) groups excluding carboxylic acids is 3. The molecule has 1 aromatic heterocycles. The monoisotopic (exact) mass is 553 g/mol. The Bertz CT molecular complexity index is 1760. The van der Waals surface area contributed by atoms with Gasteiger partial charge in [0.05, 0.1) is 12.0 Å². The largest absolute Gasteiger partial charge is 0.490 e. The molecule has 206 valence electrons. The van der Waals surface area contributed by atoms with Crippen LogP contribution in [0, 0.1) is 5.92 Å². The summed E-state index contributed by atoms with van der Waals surface area (Å²) >= 11 is 0. The molecule has 7 nitrogen and oxygen atoms in total. The highest BCUT2D eigenvalue weighted by Gasteiger charge is 2.70. The van der Waals surface area contributed by atoms with Crippen LogP contribution in [0.3, 0.4) is 0 Å². The van der Waals surface area contributed by atoms with E-state index in [1.165, 1.54) is 0 Å². The van der Waals surface area contributed by atoms with E-state index in [4.69, 9.17) is 4.74 Å². The molecule has 1 saturated heterocycles. The molecule has 4 atom stereocenters. The maximum Gasteiger partial charge on any atom is 0.238 e. The zero-order chi connectivity index (χ0) is 28.8. The number of benzene rings is 3. The summed E-state index contributed by atoms with van der Waals surface area (Å²) < 4.78 is 5.63. The van der Waals surface area contributed by atoms with Gasteiger partial charge >= 0.3 is 0 Å². The van der Waals surface area contributed by atoms with Crippen LogP contribution in [0.4, 0.5) is 5.69 Å². The van der Waals surface area contributed by atoms with Gasteiger partial charge in [-0.2, -0.15) is 0 Å². The second kappa shape index (κ2) is 9.96. The predicted octanol–water partition coefficient (Wildman–Crippen LogP) is 5.63. The van der Waals surface area contributed by atoms with Crippen molar-refractivity contribution in [1.29, 1.82) is 0 Å². The number of hydrogen-bond donors (Lipinski definition) is 1. The zero-order valence-corrected chi connectivity index (χ0v) is 22.6. The lowest BCUT2D eigenvalue weighted by Gasteiger charge is -2.38. The van der Waals surface area contributed by atoms with Crippen molar-refractivity contribution in [2.24, 2.45) is 5.92 Å². The maximum absolute atomic E-state index is 14.8. The second-order valence-electron chi connectivity index (χ2n) is 10.7. The van der Waals surface area contributed by atoms with Crippen LogP contribution in [-0.2, 0) is 10.2 Å². The molecule has 7 rings (SSSR count). The lowest BCUT2D eigenvalue weighted by molar-refractivity contribution is -0.122. The van der Waals surface area contributed by atoms with Crippen molar-refractivity contribution in [1.82, 2.24) is 9.88 Å². The molecule has 0 saturated carbocycles. The molecular weight excluding hydrogens is 526 g/mol. The van der Waals surface area contributed by atoms with Crippen molar-refractivity contribution in [3.63, 3.8) is 0 Å². The molecule has 4 heterocycles. The van der Waals surface area contributed by atoms with Gasteiger partial charge in [0.1, 0.15) is 29.5 Å². The first-order valence-electron chi connectivity index (χ1n) is 13.8. The van der Waals surface area contributed by atoms with Crippen molar-refractivity contribution in [3.05, 3.63) is 144 Å². The Morgan fingerprint density at radius 3 is 2.50 bits per heavy atom. The van der Waals surface area contributed by atoms with Crippen LogP contribution in [0.1, 0.15) is 43.6 Å². The summed E-state index contributed by atoms with van der Waals surface area (Å²) in [6.07, 6.45) is 7.00. The fraction of sp³-hybridized carbons (Fsp3) is 0.143. The van der Waals surface area contributed by atoms with E-state index in [1.54, 1.807) is 54.7 Å². The minimum Gasteiger partial charge on any atom is -0.490 e. The number of anilines is 1. The van der Waals surface area contributed by atoms with E-state index in [0.29, 0.717) is 29.2 Å². The lowest BCUT2D eigenvalue weighted by Crippen LogP contribution is -2.49. The fourth-order valence-corrected chi connectivity index (χ4v) is 6.88. The molecule has 0 unspecified atom stereocenters. The summed E-state index contributed by atoms with van der Waals surface area (Å²) in [5.74, 6) is -1.39. The highest BCUT2D eigenvalue weighted by molar-refractivity contribution is 6.16. The Morgan fingerprint density at radius 2 is 1.71 bits per heavy atom. The topological polar surface area (TPSA) is 88.6 Å². The molecule has 3 aliphatic heterocycles. The van der Waals surface area contributed by atoms with E-state index in [-0.39, 0.29) is 23.2 Å². The Kier molecular flexibility index (Phi) is 6.08. The van der Waals surface area contributed by atoms with Gasteiger partial charge in [-0.15, -0.1) is 0 Å². The van der Waals surface area contributed by atoms with Gasteiger partial charge in [-0.1, -0.05) is 61.2 Å². The van der Waals surface area contributed by atoms with Crippen LogP contribution >= 0.6 is 0 Å². The minimum absolute atomic E-state index is 0.239. The van der Waals surface area contributed by atoms with E-state index >= 15 is 0 Å². The number of Topliss-reactive ketones (excluding diaryl/α,β-unsaturated/α-hetero) is 2. The van der Waals surface area contributed by atoms with Crippen LogP contribution in [0.2, 0.25) is 0 Å². The van der Waals surface area contributed by atoms with Crippen molar-refractivity contribution >= 4 is 29.2 Å². The molecule has 1 N–H and O–H groups in total. The quantitative estimate of drug-likeness (QED) is 0.236. The van der Waals surface area contributed by atoms with Crippen molar-refractivity contribution < 1.29 is 19.1 Å². The van der Waals surface area contributed by atoms with Gasteiger partial charge in [-0.05, 0) is 65.2 Å². The molecular formula is C35H27N3O4. The third-order valence-electron chi connectivity index (χ3n) is 8.55. The van der Waals surface area contributed by atoms with Crippen LogP contribution in [0.25, 0.3) is 6.08 Å². The molecule has 3 aliphatic rings. The summed E-state index contributed by atoms with van der Waals surface area (Å²) in [7, 11) is 0. The maximum atomic E-state index is 14.8. The summed E-state index contributed by atoms with van der Waals surface area (Å²) in [5.41, 5.74) is 2.41. The zero-order valence-electron chi connectivity index (χ0n) is 22.6. The minimum atomic E-state index is -1.39. The van der Waals surface area contributed by atoms with Crippen LogP contribution in [0.5, 0.6) is 5.75 Å². The lowest BCUT2D eigenvalue weighted by atomic mass is 9.62. The van der Waals surface area contributed by atoms with Gasteiger partial charge in [0.2, 0.25) is 11.7 Å². The summed E-state index contributed by atoms with van der Waals surface area (Å²) in [4.78, 5) is 50.0. The molecule has 1 spiro atoms. The second-order valence-corrected chi connectivity index (χ2v) is 10.7. The highest BCUT2D eigenvalue weighted by atomic mass is 16.5. The Labute approximate surface area is 243 Å². The van der Waals surface area contributed by atoms with Crippen molar-refractivity contribution in [2.75, 3.05) is 11.9 Å². The number of para-hydroxylation sites is 1. The normalized spacial score (nSPS) is 23.1. The molecule has 0 bridgehead atoms. The van der Waals surface area contributed by atoms with Gasteiger partial charge in [0, 0.05) is 23.6 Å². The van der Waals surface area contributed by atoms with Gasteiger partial charge in [-0.3, -0.25) is 19.4 Å². The predicted molar refractivity (Wildman–Crippen MR) is 159 cm³/mol. The van der Waals surface area contributed by atoms with E-state index in [1.807, 2.05) is 65.7 Å². The van der Waals surface area contributed by atoms with Crippen LogP contribution in [0.15, 0.2) is 116 Å². The molecule has 4 aromatic rings. The van der Waals surface area contributed by atoms with E-state index in [2.05, 4.69) is 16.9 Å². The number of nitrogens with one attached hydrogen (secondary N) is 1. The first kappa shape index (κ1) is 25.7. The molecule has 0 radical (unpaired) electrons. The number of hydrogen-bond acceptors (Lipinski definition) is 6. The van der Waals surface area contributed by atoms with E-state index in [9.17, 15) is 14.4 Å². The Hall–Kier alpha value is -5.30. The smallest absolute Gasteiger partial charge is 0.238 e. The molecule has 7 heteroatoms. The fourth-order valence-electron chi connectivity index (χ4n) is 6.88. The number of ether oxygens (including phenoxy) is 1. The number of amides is 1. The average Bonchev–Trinajstić information content (AvgIpc) is 3.52. The third-order valence-corrected chi connectivity index (χ3v) is 8.55. The van der Waals surface area contributed by atoms with E-state index < -0.39 is 23.4 Å². The third kappa shape index (κ3) is 3.66. The number of aromatic nitrogens is 1. The van der Waals surface area contributed by atoms with Gasteiger partial charge in [0.15, 0.2) is 5.78 Å². The highest BCUT2D eigenvalue weighted by Crippen LogP contribution is 2.62. The number of fused-ring (bicyclic) bond motifs is 6. The first-order chi connectivity index (χ1) is 20.6. The molecule has 1 fully saturated rings. The van der Waals surface area contributed by atoms with Crippen molar-refractivity contribution in [3.8, 4) is 5.75 Å². The van der Waals surface area contributed by atoms with Gasteiger partial charge < -0.3 is 15.0 Å². The molecule has 3 aromatic carbocycles. The molecule has 1 amide bonds. The number of rotatable bonds is 7. The van der Waals surface area contributed by atoms with Crippen LogP contribution in [-0.4, -0.2) is 40.0 Å². The van der Waals surface area contributed by atoms with Gasteiger partial charge in [-0.25, -0.2) is 0 Å². The van der Waals surface area contributed by atoms with Gasteiger partial charge in [0.25, 0.3) is 0 Å². The summed E-state index contributed by atoms with van der Waals surface area (Å²) in [6, 6.07) is 25.7. The molecule has 0 aliphatic carbocycles. The number of nitrogens with zero attached hydrogens (tertiary/aromatic N) is 2. The molecule has 42 heavy (non-hydrogen) atoms. The number of carbonyl (C=O) groups is 3. The van der Waals surface area contributed by atoms with Crippen molar-refractivity contribution in [2.45, 2.75) is 17.5 Å². The standard InChI is InChI=1S/C35H27N3O4/c1-2-21-42-24-16-14-23(15-17-24)31(39)29-30(32(40)28-13-7-8-19-36-28)38-20-18-22-9-3-4-10-25(22)33(38)35(29)26-11-5-6-12-27(26)37-34(35)41/h2-20,29-30,33H,1,21H2,(H,37,41)/t29-,30+,33+,35-/m0/s1. The van der Waals surface area contributed by atoms with Crippen LogP contribution < -0.4 is 10.1 Å². The summed E-state index contributed by atoms with van der Waals surface area (Å²) in [6.45, 7) is 4.01. The first-order valence-corrected chi connectivity index (χ1v) is 13.8. The Morgan fingerprint density at radius 1 is 0.952 bits per heavy atom. The Balaban J connectivity index is 1.48. The number of ketones is 2. The SMILES string of the molecule is C=CCOc1ccc(C(=O)[C@@H]2[C@H](C(=O)c3ccccn3)N3C=Cc4ccccc4[C@@H]3[C@@]23C(=O)Nc2ccccc23)cc1. The van der Waals surface area contributed by atoms with E-state index in [0.717, 1.165) is 11.1 Å².